The van der Waals surface area contributed by atoms with Gasteiger partial charge in [0.1, 0.15) is 17.5 Å². The van der Waals surface area contributed by atoms with Gasteiger partial charge >= 0.3 is 0 Å². The molecule has 7 nitrogen and oxygen atoms in total. The van der Waals surface area contributed by atoms with Gasteiger partial charge in [-0.2, -0.15) is 5.10 Å². The van der Waals surface area contributed by atoms with Crippen molar-refractivity contribution in [3.63, 3.8) is 0 Å². The molecule has 0 unspecified atom stereocenters. The number of aryl methyl sites for hydroxylation is 1. The molecule has 0 aliphatic carbocycles. The maximum absolute atomic E-state index is 13.8. The normalized spacial score (nSPS) is 22.7. The number of thiazole rings is 1. The van der Waals surface area contributed by atoms with E-state index in [0.717, 1.165) is 28.2 Å². The van der Waals surface area contributed by atoms with E-state index >= 15 is 0 Å². The fourth-order valence-corrected chi connectivity index (χ4v) is 6.45. The minimum Gasteiger partial charge on any atom is -0.465 e. The van der Waals surface area contributed by atoms with Crippen molar-refractivity contribution in [2.24, 2.45) is 10.9 Å². The number of ether oxygens (including phenoxy) is 1. The first kappa shape index (κ1) is 21.7. The van der Waals surface area contributed by atoms with Crippen LogP contribution in [0.25, 0.3) is 11.8 Å². The molecule has 0 fully saturated rings. The lowest BCUT2D eigenvalue weighted by Crippen LogP contribution is -2.58. The van der Waals surface area contributed by atoms with Crippen LogP contribution < -0.4 is 19.6 Å². The van der Waals surface area contributed by atoms with Crippen LogP contribution in [0, 0.1) is 19.8 Å². The molecule has 0 saturated heterocycles. The van der Waals surface area contributed by atoms with E-state index in [1.165, 1.54) is 11.3 Å². The third-order valence-corrected chi connectivity index (χ3v) is 7.92. The molecule has 4 heterocycles. The van der Waals surface area contributed by atoms with Crippen LogP contribution >= 0.6 is 11.3 Å². The molecule has 0 N–H and O–H groups in total. The first-order valence-corrected chi connectivity index (χ1v) is 12.3. The highest BCUT2D eigenvalue weighted by Gasteiger charge is 2.53. The topological polar surface area (TPSA) is 78.5 Å². The van der Waals surface area contributed by atoms with Crippen molar-refractivity contribution in [2.45, 2.75) is 39.5 Å². The van der Waals surface area contributed by atoms with Gasteiger partial charge in [-0.1, -0.05) is 47.7 Å². The second-order valence-electron chi connectivity index (χ2n) is 9.24. The zero-order valence-electron chi connectivity index (χ0n) is 19.9. The Kier molecular flexibility index (Phi) is 4.73. The van der Waals surface area contributed by atoms with Crippen molar-refractivity contribution in [3.8, 4) is 11.4 Å². The number of rotatable bonds is 3. The molecule has 2 aliphatic heterocycles. The summed E-state index contributed by atoms with van der Waals surface area (Å²) in [6, 6.07) is 17.0. The monoisotopic (exact) mass is 484 g/mol. The number of fused-ring (bicyclic) bond motifs is 6. The SMILES string of the molecule is CC(=O)[C@@H]1[C@@H]2c3ccccc3O[C@@]1(C)N=c1s/c(=C/c3c(C)nn(-c4ccccc4)c3C)c(=O)n12. The molecule has 0 spiro atoms. The van der Waals surface area contributed by atoms with Gasteiger partial charge in [0.25, 0.3) is 5.56 Å². The Hall–Kier alpha value is -3.78. The predicted octanol–water partition coefficient (Wildman–Crippen LogP) is 3.08. The van der Waals surface area contributed by atoms with Gasteiger partial charge in [-0.3, -0.25) is 14.2 Å². The summed E-state index contributed by atoms with van der Waals surface area (Å²) >= 11 is 1.32. The van der Waals surface area contributed by atoms with Gasteiger partial charge in [0, 0.05) is 16.8 Å². The van der Waals surface area contributed by atoms with Gasteiger partial charge in [-0.25, -0.2) is 9.67 Å². The van der Waals surface area contributed by atoms with E-state index in [-0.39, 0.29) is 11.3 Å². The first-order chi connectivity index (χ1) is 16.8. The van der Waals surface area contributed by atoms with E-state index < -0.39 is 17.7 Å². The highest BCUT2D eigenvalue weighted by molar-refractivity contribution is 7.07. The van der Waals surface area contributed by atoms with Crippen LogP contribution in [0.3, 0.4) is 0 Å². The molecule has 2 bridgehead atoms. The van der Waals surface area contributed by atoms with E-state index in [4.69, 9.17) is 14.8 Å². The van der Waals surface area contributed by atoms with Crippen molar-refractivity contribution in [2.75, 3.05) is 0 Å². The third kappa shape index (κ3) is 3.16. The Morgan fingerprint density at radius 2 is 1.83 bits per heavy atom. The molecular weight excluding hydrogens is 460 g/mol. The van der Waals surface area contributed by atoms with Gasteiger partial charge in [0.05, 0.1) is 22.0 Å². The summed E-state index contributed by atoms with van der Waals surface area (Å²) in [6.07, 6.45) is 1.90. The molecule has 3 atom stereocenters. The fourth-order valence-electron chi connectivity index (χ4n) is 5.37. The van der Waals surface area contributed by atoms with Crippen molar-refractivity contribution < 1.29 is 9.53 Å². The van der Waals surface area contributed by atoms with E-state index in [9.17, 15) is 9.59 Å². The lowest BCUT2D eigenvalue weighted by atomic mass is 9.79. The molecule has 6 rings (SSSR count). The predicted molar refractivity (Wildman–Crippen MR) is 134 cm³/mol. The smallest absolute Gasteiger partial charge is 0.270 e. The highest BCUT2D eigenvalue weighted by atomic mass is 32.1. The zero-order valence-corrected chi connectivity index (χ0v) is 20.7. The van der Waals surface area contributed by atoms with Crippen molar-refractivity contribution >= 4 is 23.2 Å². The molecule has 0 saturated carbocycles. The number of carbonyl (C=O) groups excluding carboxylic acids is 1. The maximum Gasteiger partial charge on any atom is 0.270 e. The van der Waals surface area contributed by atoms with Crippen molar-refractivity contribution in [3.05, 3.63) is 96.8 Å². The summed E-state index contributed by atoms with van der Waals surface area (Å²) in [5, 5.41) is 4.71. The van der Waals surface area contributed by atoms with Crippen LogP contribution in [0.4, 0.5) is 0 Å². The molecular formula is C27H24N4O3S. The maximum atomic E-state index is 13.8. The Bertz CT molecular complexity index is 1680. The summed E-state index contributed by atoms with van der Waals surface area (Å²) in [6.45, 7) is 7.32. The standard InChI is InChI=1S/C27H24N4O3S/c1-15-20(16(2)31(29-15)18-10-6-5-7-11-18)14-22-25(33)30-24-19-12-8-9-13-21(19)34-27(4,23(24)17(3)32)28-26(30)35-22/h5-14,23-24H,1-4H3/b22-14+/t23-,24+,27-/m1/s1. The number of benzene rings is 2. The van der Waals surface area contributed by atoms with Crippen LogP contribution in [0.1, 0.15) is 42.4 Å². The number of para-hydroxylation sites is 2. The molecule has 35 heavy (non-hydrogen) atoms. The molecule has 2 aromatic carbocycles. The minimum absolute atomic E-state index is 0.0548. The summed E-state index contributed by atoms with van der Waals surface area (Å²) in [7, 11) is 0. The average Bonchev–Trinajstić information content (AvgIpc) is 3.28. The van der Waals surface area contributed by atoms with Gasteiger partial charge in [-0.15, -0.1) is 0 Å². The van der Waals surface area contributed by atoms with E-state index in [0.29, 0.717) is 15.1 Å². The summed E-state index contributed by atoms with van der Waals surface area (Å²) < 4.78 is 10.4. The summed E-state index contributed by atoms with van der Waals surface area (Å²) in [5.41, 5.74) is 3.25. The van der Waals surface area contributed by atoms with Crippen molar-refractivity contribution in [1.82, 2.24) is 14.3 Å². The Morgan fingerprint density at radius 1 is 1.11 bits per heavy atom. The Labute approximate surface area is 205 Å². The second kappa shape index (κ2) is 7.61. The van der Waals surface area contributed by atoms with Crippen LogP contribution in [0.5, 0.6) is 5.75 Å². The van der Waals surface area contributed by atoms with E-state index in [1.54, 1.807) is 11.5 Å². The number of hydrogen-bond donors (Lipinski definition) is 0. The Morgan fingerprint density at radius 3 is 2.57 bits per heavy atom. The lowest BCUT2D eigenvalue weighted by Gasteiger charge is -2.45. The van der Waals surface area contributed by atoms with Gasteiger partial charge < -0.3 is 4.74 Å². The number of ketones is 1. The lowest BCUT2D eigenvalue weighted by molar-refractivity contribution is -0.132. The molecule has 2 aliphatic rings. The highest BCUT2D eigenvalue weighted by Crippen LogP contribution is 2.47. The molecule has 176 valence electrons. The number of aromatic nitrogens is 3. The van der Waals surface area contributed by atoms with Gasteiger partial charge in [0.2, 0.25) is 5.72 Å². The summed E-state index contributed by atoms with van der Waals surface area (Å²) in [4.78, 5) is 32.0. The molecule has 0 radical (unpaired) electrons. The zero-order chi connectivity index (χ0) is 24.5. The molecule has 0 amide bonds. The fraction of sp³-hybridized carbons (Fsp3) is 0.259. The third-order valence-electron chi connectivity index (χ3n) is 6.94. The molecule has 8 heteroatoms. The quantitative estimate of drug-likeness (QED) is 0.448. The van der Waals surface area contributed by atoms with Crippen LogP contribution in [-0.2, 0) is 4.79 Å². The number of nitrogens with zero attached hydrogens (tertiary/aromatic N) is 4. The summed E-state index contributed by atoms with van der Waals surface area (Å²) in [5.74, 6) is 0.0153. The van der Waals surface area contributed by atoms with Crippen LogP contribution in [0.2, 0.25) is 0 Å². The number of Topliss-reactive ketones (excluding diaryl/α,β-unsaturated/α-hetero) is 1. The average molecular weight is 485 g/mol. The minimum atomic E-state index is -1.07. The first-order valence-electron chi connectivity index (χ1n) is 11.5. The largest absolute Gasteiger partial charge is 0.465 e. The number of carbonyl (C=O) groups is 1. The van der Waals surface area contributed by atoms with Crippen molar-refractivity contribution in [1.29, 1.82) is 0 Å². The van der Waals surface area contributed by atoms with Crippen LogP contribution in [0.15, 0.2) is 64.4 Å². The van der Waals surface area contributed by atoms with E-state index in [2.05, 4.69) is 0 Å². The molecule has 2 aromatic heterocycles. The Balaban J connectivity index is 1.58. The molecule has 4 aromatic rings. The van der Waals surface area contributed by atoms with E-state index in [1.807, 2.05) is 86.1 Å². The number of hydrogen-bond acceptors (Lipinski definition) is 6. The van der Waals surface area contributed by atoms with Gasteiger partial charge in [0.15, 0.2) is 4.80 Å². The van der Waals surface area contributed by atoms with Crippen LogP contribution in [-0.4, -0.2) is 25.9 Å². The second-order valence-corrected chi connectivity index (χ2v) is 10.2. The van der Waals surface area contributed by atoms with Gasteiger partial charge in [-0.05, 0) is 52.0 Å².